The highest BCUT2D eigenvalue weighted by Gasteiger charge is 2.47. The van der Waals surface area contributed by atoms with Gasteiger partial charge in [-0.1, -0.05) is 71.8 Å². The molecule has 5 rings (SSSR count). The van der Waals surface area contributed by atoms with Crippen LogP contribution in [0.1, 0.15) is 33.4 Å². The van der Waals surface area contributed by atoms with Crippen molar-refractivity contribution in [2.24, 2.45) is 0 Å². The van der Waals surface area contributed by atoms with Crippen LogP contribution in [0.4, 0.5) is 0 Å². The molecule has 0 amide bonds. The highest BCUT2D eigenvalue weighted by atomic mass is 79.9. The highest BCUT2D eigenvalue weighted by Crippen LogP contribution is 2.55. The number of hydrogen-bond acceptors (Lipinski definition) is 2. The van der Waals surface area contributed by atoms with Gasteiger partial charge in [0.25, 0.3) is 0 Å². The first kappa shape index (κ1) is 18.7. The van der Waals surface area contributed by atoms with Gasteiger partial charge in [-0.15, -0.1) is 0 Å². The van der Waals surface area contributed by atoms with E-state index in [2.05, 4.69) is 106 Å². The van der Waals surface area contributed by atoms with Crippen LogP contribution in [-0.4, -0.2) is 9.97 Å². The molecular weight excluding hydrogens is 488 g/mol. The van der Waals surface area contributed by atoms with E-state index >= 15 is 0 Å². The Morgan fingerprint density at radius 2 is 0.931 bits per heavy atom. The number of aromatic nitrogens is 2. The van der Waals surface area contributed by atoms with E-state index in [1.54, 1.807) is 0 Å². The van der Waals surface area contributed by atoms with Crippen molar-refractivity contribution in [2.45, 2.75) is 19.3 Å². The summed E-state index contributed by atoms with van der Waals surface area (Å²) in [6, 6.07) is 26.1. The Morgan fingerprint density at radius 3 is 1.31 bits per heavy atom. The minimum absolute atomic E-state index is 0.451. The van der Waals surface area contributed by atoms with Gasteiger partial charge < -0.3 is 0 Å². The van der Waals surface area contributed by atoms with Gasteiger partial charge in [0.15, 0.2) is 0 Å². The van der Waals surface area contributed by atoms with Crippen molar-refractivity contribution < 1.29 is 0 Å². The lowest BCUT2D eigenvalue weighted by Crippen LogP contribution is -2.28. The lowest BCUT2D eigenvalue weighted by molar-refractivity contribution is 0.763. The zero-order chi connectivity index (χ0) is 20.2. The van der Waals surface area contributed by atoms with Crippen LogP contribution in [0.2, 0.25) is 0 Å². The lowest BCUT2D eigenvalue weighted by atomic mass is 9.68. The maximum atomic E-state index is 4.85. The van der Waals surface area contributed by atoms with Crippen LogP contribution in [0.5, 0.6) is 0 Å². The Labute approximate surface area is 187 Å². The Kier molecular flexibility index (Phi) is 4.45. The van der Waals surface area contributed by atoms with Crippen LogP contribution in [0.15, 0.2) is 82.0 Å². The van der Waals surface area contributed by atoms with Crippen LogP contribution in [0.25, 0.3) is 11.4 Å². The number of rotatable bonds is 2. The van der Waals surface area contributed by atoms with Crippen LogP contribution in [-0.2, 0) is 5.41 Å². The van der Waals surface area contributed by atoms with Crippen LogP contribution in [0.3, 0.4) is 0 Å². The zero-order valence-electron chi connectivity index (χ0n) is 16.1. The van der Waals surface area contributed by atoms with E-state index in [1.807, 2.05) is 12.1 Å². The van der Waals surface area contributed by atoms with Crippen LogP contribution in [0, 0.1) is 13.8 Å². The Morgan fingerprint density at radius 1 is 0.552 bits per heavy atom. The zero-order valence-corrected chi connectivity index (χ0v) is 19.3. The number of nitrogens with zero attached hydrogens (tertiary/aromatic N) is 2. The maximum Gasteiger partial charge on any atom is 0.106 e. The predicted molar refractivity (Wildman–Crippen MR) is 124 cm³/mol. The SMILES string of the molecule is Cc1ccc(C2(c3ccc(C)cc3)c3ccc(Br)nc3-c3nc(Br)ccc32)cc1. The molecule has 4 heteroatoms. The summed E-state index contributed by atoms with van der Waals surface area (Å²) >= 11 is 7.11. The summed E-state index contributed by atoms with van der Waals surface area (Å²) in [6.07, 6.45) is 0. The molecule has 0 saturated heterocycles. The van der Waals surface area contributed by atoms with E-state index in [4.69, 9.17) is 9.97 Å². The van der Waals surface area contributed by atoms with Gasteiger partial charge in [0.2, 0.25) is 0 Å². The molecule has 0 N–H and O–H groups in total. The van der Waals surface area contributed by atoms with E-state index in [0.717, 1.165) is 31.7 Å². The largest absolute Gasteiger partial charge is 0.239 e. The number of benzene rings is 2. The standard InChI is InChI=1S/C25H18Br2N2/c1-15-3-7-17(8-4-15)25(18-9-5-16(2)6-10-18)19-11-13-21(26)28-23(19)24-20(25)12-14-22(27)29-24/h3-14H,1-2H3. The van der Waals surface area contributed by atoms with Crippen molar-refractivity contribution in [3.63, 3.8) is 0 Å². The highest BCUT2D eigenvalue weighted by molar-refractivity contribution is 9.10. The lowest BCUT2D eigenvalue weighted by Gasteiger charge is -2.33. The van der Waals surface area contributed by atoms with Gasteiger partial charge in [-0.25, -0.2) is 9.97 Å². The molecule has 0 aliphatic heterocycles. The number of aryl methyl sites for hydroxylation is 2. The van der Waals surface area contributed by atoms with Crippen molar-refractivity contribution in [1.82, 2.24) is 9.97 Å². The fourth-order valence-electron chi connectivity index (χ4n) is 4.38. The minimum Gasteiger partial charge on any atom is -0.239 e. The summed E-state index contributed by atoms with van der Waals surface area (Å²) in [4.78, 5) is 9.70. The van der Waals surface area contributed by atoms with E-state index in [0.29, 0.717) is 0 Å². The molecule has 0 bridgehead atoms. The van der Waals surface area contributed by atoms with E-state index in [9.17, 15) is 0 Å². The number of fused-ring (bicyclic) bond motifs is 3. The van der Waals surface area contributed by atoms with Gasteiger partial charge in [-0.05, 0) is 80.1 Å². The second-order valence-electron chi connectivity index (χ2n) is 7.54. The summed E-state index contributed by atoms with van der Waals surface area (Å²) in [5, 5.41) is 0. The van der Waals surface area contributed by atoms with Gasteiger partial charge in [0, 0.05) is 0 Å². The molecule has 2 heterocycles. The third-order valence-electron chi connectivity index (χ3n) is 5.72. The van der Waals surface area contributed by atoms with Gasteiger partial charge in [0.05, 0.1) is 16.8 Å². The quantitative estimate of drug-likeness (QED) is 0.242. The molecule has 2 aromatic carbocycles. The van der Waals surface area contributed by atoms with Crippen LogP contribution < -0.4 is 0 Å². The van der Waals surface area contributed by atoms with Crippen molar-refractivity contribution in [3.8, 4) is 11.4 Å². The van der Waals surface area contributed by atoms with Crippen molar-refractivity contribution in [3.05, 3.63) is 115 Å². The Bertz CT molecular complexity index is 1130. The molecule has 4 aromatic rings. The smallest absolute Gasteiger partial charge is 0.106 e. The minimum atomic E-state index is -0.451. The molecule has 0 fully saturated rings. The number of hydrogen-bond donors (Lipinski definition) is 0. The molecule has 2 aromatic heterocycles. The third-order valence-corrected chi connectivity index (χ3v) is 6.61. The number of halogens is 2. The molecule has 0 spiro atoms. The second-order valence-corrected chi connectivity index (χ2v) is 9.17. The van der Waals surface area contributed by atoms with Gasteiger partial charge in [-0.2, -0.15) is 0 Å². The van der Waals surface area contributed by atoms with E-state index in [1.165, 1.54) is 22.3 Å². The summed E-state index contributed by atoms with van der Waals surface area (Å²) in [7, 11) is 0. The monoisotopic (exact) mass is 504 g/mol. The van der Waals surface area contributed by atoms with E-state index in [-0.39, 0.29) is 0 Å². The molecular formula is C25H18Br2N2. The fourth-order valence-corrected chi connectivity index (χ4v) is 5.00. The maximum absolute atomic E-state index is 4.85. The summed E-state index contributed by atoms with van der Waals surface area (Å²) in [5.74, 6) is 0. The summed E-state index contributed by atoms with van der Waals surface area (Å²) < 4.78 is 1.63. The van der Waals surface area contributed by atoms with Crippen molar-refractivity contribution >= 4 is 31.9 Å². The normalized spacial score (nSPS) is 13.8. The second kappa shape index (κ2) is 6.89. The molecule has 142 valence electrons. The first-order valence-electron chi connectivity index (χ1n) is 9.49. The molecule has 29 heavy (non-hydrogen) atoms. The van der Waals surface area contributed by atoms with Gasteiger partial charge in [-0.3, -0.25) is 0 Å². The topological polar surface area (TPSA) is 25.8 Å². The summed E-state index contributed by atoms with van der Waals surface area (Å²) in [6.45, 7) is 4.24. The Balaban J connectivity index is 1.95. The molecule has 1 aliphatic rings. The van der Waals surface area contributed by atoms with Crippen LogP contribution >= 0.6 is 31.9 Å². The Hall–Kier alpha value is -2.30. The van der Waals surface area contributed by atoms with Crippen molar-refractivity contribution in [1.29, 1.82) is 0 Å². The molecule has 0 unspecified atom stereocenters. The first-order chi connectivity index (χ1) is 14.0. The number of pyridine rings is 2. The molecule has 0 saturated carbocycles. The van der Waals surface area contributed by atoms with Gasteiger partial charge in [0.1, 0.15) is 9.21 Å². The average Bonchev–Trinajstić information content (AvgIpc) is 2.99. The molecule has 0 atom stereocenters. The average molecular weight is 506 g/mol. The predicted octanol–water partition coefficient (Wildman–Crippen LogP) is 6.98. The third kappa shape index (κ3) is 2.81. The van der Waals surface area contributed by atoms with Crippen molar-refractivity contribution in [2.75, 3.05) is 0 Å². The fraction of sp³-hybridized carbons (Fsp3) is 0.120. The molecule has 2 nitrogen and oxygen atoms in total. The van der Waals surface area contributed by atoms with E-state index < -0.39 is 5.41 Å². The first-order valence-corrected chi connectivity index (χ1v) is 11.1. The molecule has 1 aliphatic carbocycles. The van der Waals surface area contributed by atoms with Gasteiger partial charge >= 0.3 is 0 Å². The summed E-state index contributed by atoms with van der Waals surface area (Å²) in [5.41, 5.74) is 8.66. The molecule has 0 radical (unpaired) electrons.